The summed E-state index contributed by atoms with van der Waals surface area (Å²) in [7, 11) is 1.76. The van der Waals surface area contributed by atoms with Gasteiger partial charge in [0.1, 0.15) is 5.75 Å². The third-order valence-corrected chi connectivity index (χ3v) is 6.72. The highest BCUT2D eigenvalue weighted by atomic mass is 79.9. The van der Waals surface area contributed by atoms with Gasteiger partial charge >= 0.3 is 0 Å². The summed E-state index contributed by atoms with van der Waals surface area (Å²) in [6.45, 7) is 0. The van der Waals surface area contributed by atoms with Gasteiger partial charge in [-0.15, -0.1) is 0 Å². The summed E-state index contributed by atoms with van der Waals surface area (Å²) in [4.78, 5) is 0. The van der Waals surface area contributed by atoms with Crippen molar-refractivity contribution in [3.8, 4) is 5.75 Å². The van der Waals surface area contributed by atoms with Crippen molar-refractivity contribution in [1.29, 1.82) is 0 Å². The molecule has 106 valence electrons. The predicted octanol–water partition coefficient (Wildman–Crippen LogP) is 5.20. The van der Waals surface area contributed by atoms with Gasteiger partial charge in [0, 0.05) is 10.7 Å². The zero-order valence-electron chi connectivity index (χ0n) is 11.5. The Morgan fingerprint density at radius 3 is 2.37 bits per heavy atom. The maximum Gasteiger partial charge on any atom is 0.122 e. The lowest BCUT2D eigenvalue weighted by atomic mass is 9.73. The number of methoxy groups -OCH3 is 1. The first-order valence-corrected chi connectivity index (χ1v) is 9.24. The van der Waals surface area contributed by atoms with E-state index >= 15 is 0 Å². The molecule has 2 rings (SSSR count). The third kappa shape index (κ3) is 3.36. The predicted molar refractivity (Wildman–Crippen MR) is 88.7 cm³/mol. The summed E-state index contributed by atoms with van der Waals surface area (Å²) in [5, 5.41) is 2.10. The quantitative estimate of drug-likeness (QED) is 0.607. The molecule has 3 heteroatoms. The van der Waals surface area contributed by atoms with Gasteiger partial charge in [-0.3, -0.25) is 0 Å². The van der Waals surface area contributed by atoms with Crippen molar-refractivity contribution in [3.63, 3.8) is 0 Å². The molecule has 0 amide bonds. The molecule has 1 aromatic rings. The summed E-state index contributed by atoms with van der Waals surface area (Å²) >= 11 is 7.55. The molecule has 1 nitrogen and oxygen atoms in total. The number of halogens is 2. The van der Waals surface area contributed by atoms with E-state index in [0.29, 0.717) is 5.41 Å². The van der Waals surface area contributed by atoms with Crippen molar-refractivity contribution in [2.45, 2.75) is 32.1 Å². The minimum absolute atomic E-state index is 0.311. The second-order valence-electron chi connectivity index (χ2n) is 5.60. The number of hydrogen-bond donors (Lipinski definition) is 0. The van der Waals surface area contributed by atoms with Crippen LogP contribution in [0, 0.1) is 11.3 Å². The van der Waals surface area contributed by atoms with E-state index in [0.717, 1.165) is 28.7 Å². The largest absolute Gasteiger partial charge is 0.496 e. The lowest BCUT2D eigenvalue weighted by Gasteiger charge is -2.37. The molecule has 0 saturated heterocycles. The Hall–Kier alpha value is -0.0200. The zero-order valence-corrected chi connectivity index (χ0v) is 14.7. The number of alkyl halides is 2. The van der Waals surface area contributed by atoms with E-state index in [1.807, 2.05) is 6.07 Å². The van der Waals surface area contributed by atoms with E-state index < -0.39 is 0 Å². The average molecular weight is 390 g/mol. The van der Waals surface area contributed by atoms with Gasteiger partial charge in [0.25, 0.3) is 0 Å². The zero-order chi connectivity index (χ0) is 13.7. The Morgan fingerprint density at radius 2 is 1.79 bits per heavy atom. The van der Waals surface area contributed by atoms with Crippen LogP contribution in [0.15, 0.2) is 24.3 Å². The molecule has 19 heavy (non-hydrogen) atoms. The van der Waals surface area contributed by atoms with Crippen molar-refractivity contribution < 1.29 is 4.74 Å². The van der Waals surface area contributed by atoms with Crippen LogP contribution in [0.25, 0.3) is 0 Å². The molecular formula is C16H22Br2O. The van der Waals surface area contributed by atoms with Crippen molar-refractivity contribution >= 4 is 31.9 Å². The second kappa shape index (κ2) is 7.12. The first-order valence-electron chi connectivity index (χ1n) is 6.99. The standard InChI is InChI=1S/C16H22Br2O/c1-19-15-9-5-2-6-13(15)10-16(11-17,12-18)14-7-3-4-8-14/h2,5-6,9,14H,3-4,7-8,10-12H2,1H3. The normalized spacial score (nSPS) is 16.8. The molecule has 0 unspecified atom stereocenters. The molecule has 1 aromatic carbocycles. The van der Waals surface area contributed by atoms with Crippen LogP contribution in [0.3, 0.4) is 0 Å². The molecule has 0 atom stereocenters. The van der Waals surface area contributed by atoms with E-state index in [4.69, 9.17) is 4.74 Å². The van der Waals surface area contributed by atoms with Gasteiger partial charge in [-0.25, -0.2) is 0 Å². The van der Waals surface area contributed by atoms with Gasteiger partial charge in [-0.2, -0.15) is 0 Å². The van der Waals surface area contributed by atoms with E-state index in [1.165, 1.54) is 31.2 Å². The van der Waals surface area contributed by atoms with Crippen molar-refractivity contribution in [2.24, 2.45) is 11.3 Å². The fourth-order valence-corrected chi connectivity index (χ4v) is 5.50. The van der Waals surface area contributed by atoms with Gasteiger partial charge in [0.15, 0.2) is 0 Å². The maximum atomic E-state index is 5.51. The molecule has 0 aromatic heterocycles. The Morgan fingerprint density at radius 1 is 1.16 bits per heavy atom. The molecular weight excluding hydrogens is 368 g/mol. The fourth-order valence-electron chi connectivity index (χ4n) is 3.26. The Bertz CT molecular complexity index is 395. The first kappa shape index (κ1) is 15.4. The number of hydrogen-bond acceptors (Lipinski definition) is 1. The molecule has 1 fully saturated rings. The Labute approximate surface area is 133 Å². The van der Waals surface area contributed by atoms with Crippen LogP contribution in [-0.4, -0.2) is 17.8 Å². The van der Waals surface area contributed by atoms with E-state index in [-0.39, 0.29) is 0 Å². The van der Waals surface area contributed by atoms with E-state index in [9.17, 15) is 0 Å². The van der Waals surface area contributed by atoms with Gasteiger partial charge in [-0.1, -0.05) is 62.9 Å². The summed E-state index contributed by atoms with van der Waals surface area (Å²) in [5.41, 5.74) is 1.64. The SMILES string of the molecule is COc1ccccc1CC(CBr)(CBr)C1CCCC1. The van der Waals surface area contributed by atoms with Gasteiger partial charge in [0.2, 0.25) is 0 Å². The minimum atomic E-state index is 0.311. The molecule has 0 radical (unpaired) electrons. The van der Waals surface area contributed by atoms with Crippen LogP contribution in [-0.2, 0) is 6.42 Å². The minimum Gasteiger partial charge on any atom is -0.496 e. The molecule has 0 N–H and O–H groups in total. The molecule has 1 saturated carbocycles. The van der Waals surface area contributed by atoms with E-state index in [2.05, 4.69) is 50.1 Å². The Balaban J connectivity index is 2.24. The molecule has 1 aliphatic carbocycles. The highest BCUT2D eigenvalue weighted by Crippen LogP contribution is 2.45. The van der Waals surface area contributed by atoms with Crippen molar-refractivity contribution in [2.75, 3.05) is 17.8 Å². The summed E-state index contributed by atoms with van der Waals surface area (Å²) in [5.74, 6) is 1.84. The number of benzene rings is 1. The van der Waals surface area contributed by atoms with Gasteiger partial charge in [0.05, 0.1) is 7.11 Å². The number of para-hydroxylation sites is 1. The van der Waals surface area contributed by atoms with Gasteiger partial charge < -0.3 is 4.74 Å². The fraction of sp³-hybridized carbons (Fsp3) is 0.625. The monoisotopic (exact) mass is 388 g/mol. The van der Waals surface area contributed by atoms with Crippen LogP contribution in [0.4, 0.5) is 0 Å². The topological polar surface area (TPSA) is 9.23 Å². The van der Waals surface area contributed by atoms with Crippen molar-refractivity contribution in [1.82, 2.24) is 0 Å². The average Bonchev–Trinajstić information content (AvgIpc) is 3.00. The number of rotatable bonds is 6. The van der Waals surface area contributed by atoms with Crippen LogP contribution < -0.4 is 4.74 Å². The summed E-state index contributed by atoms with van der Waals surface area (Å²) < 4.78 is 5.51. The summed E-state index contributed by atoms with van der Waals surface area (Å²) in [6.07, 6.45) is 6.59. The highest BCUT2D eigenvalue weighted by molar-refractivity contribution is 9.09. The van der Waals surface area contributed by atoms with Crippen LogP contribution in [0.1, 0.15) is 31.2 Å². The molecule has 0 heterocycles. The molecule has 0 aliphatic heterocycles. The molecule has 0 spiro atoms. The molecule has 1 aliphatic rings. The maximum absolute atomic E-state index is 5.51. The second-order valence-corrected chi connectivity index (χ2v) is 6.72. The number of ether oxygens (including phenoxy) is 1. The van der Waals surface area contributed by atoms with Crippen LogP contribution >= 0.6 is 31.9 Å². The first-order chi connectivity index (χ1) is 9.25. The smallest absolute Gasteiger partial charge is 0.122 e. The van der Waals surface area contributed by atoms with Crippen LogP contribution in [0.5, 0.6) is 5.75 Å². The lowest BCUT2D eigenvalue weighted by molar-refractivity contribution is 0.230. The summed E-state index contributed by atoms with van der Waals surface area (Å²) in [6, 6.07) is 8.42. The third-order valence-electron chi connectivity index (χ3n) is 4.49. The van der Waals surface area contributed by atoms with Gasteiger partial charge in [-0.05, 0) is 42.2 Å². The van der Waals surface area contributed by atoms with Crippen LogP contribution in [0.2, 0.25) is 0 Å². The van der Waals surface area contributed by atoms with E-state index in [1.54, 1.807) is 7.11 Å². The lowest BCUT2D eigenvalue weighted by Crippen LogP contribution is -2.35. The van der Waals surface area contributed by atoms with Crippen molar-refractivity contribution in [3.05, 3.63) is 29.8 Å². The molecule has 0 bridgehead atoms. The highest BCUT2D eigenvalue weighted by Gasteiger charge is 2.39. The Kier molecular flexibility index (Phi) is 5.76.